The molecule has 2 heterocycles. The summed E-state index contributed by atoms with van der Waals surface area (Å²) in [6, 6.07) is 1.85. The Hall–Kier alpha value is -1.65. The van der Waals surface area contributed by atoms with Crippen LogP contribution in [0.5, 0.6) is 0 Å². The summed E-state index contributed by atoms with van der Waals surface area (Å²) in [6.45, 7) is 3.37. The van der Waals surface area contributed by atoms with Crippen molar-refractivity contribution in [1.29, 1.82) is 0 Å². The Labute approximate surface area is 94.1 Å². The van der Waals surface area contributed by atoms with Crippen LogP contribution in [0, 0.1) is 12.8 Å². The van der Waals surface area contributed by atoms with Crippen molar-refractivity contribution in [2.45, 2.75) is 19.8 Å². The highest BCUT2D eigenvalue weighted by Gasteiger charge is 2.25. The molecule has 0 radical (unpaired) electrons. The van der Waals surface area contributed by atoms with E-state index in [4.69, 9.17) is 5.11 Å². The molecule has 0 aliphatic carbocycles. The van der Waals surface area contributed by atoms with Crippen LogP contribution in [0.15, 0.2) is 12.3 Å². The minimum Gasteiger partial charge on any atom is -0.481 e. The number of hydrogen-bond donors (Lipinski definition) is 1. The van der Waals surface area contributed by atoms with Gasteiger partial charge in [-0.25, -0.2) is 9.97 Å². The van der Waals surface area contributed by atoms with Crippen molar-refractivity contribution in [3.05, 3.63) is 18.0 Å². The maximum Gasteiger partial charge on any atom is 0.306 e. The Morgan fingerprint density at radius 1 is 1.50 bits per heavy atom. The second kappa shape index (κ2) is 4.47. The van der Waals surface area contributed by atoms with Crippen molar-refractivity contribution in [2.75, 3.05) is 18.0 Å². The van der Waals surface area contributed by atoms with Crippen LogP contribution in [0.25, 0.3) is 0 Å². The molecule has 5 heteroatoms. The van der Waals surface area contributed by atoms with Gasteiger partial charge in [-0.05, 0) is 25.8 Å². The first kappa shape index (κ1) is 10.9. The van der Waals surface area contributed by atoms with Gasteiger partial charge in [0.25, 0.3) is 0 Å². The standard InChI is InChI=1S/C11H15N3O2/c1-8-2-5-12-11(13-8)14-6-3-9(4-7-14)10(15)16/h2,5,9H,3-4,6-7H2,1H3,(H,15,16). The highest BCUT2D eigenvalue weighted by Crippen LogP contribution is 2.20. The molecule has 1 aromatic heterocycles. The number of rotatable bonds is 2. The van der Waals surface area contributed by atoms with Gasteiger partial charge in [0, 0.05) is 25.0 Å². The van der Waals surface area contributed by atoms with E-state index in [1.807, 2.05) is 17.9 Å². The van der Waals surface area contributed by atoms with Crippen LogP contribution in [0.3, 0.4) is 0 Å². The zero-order valence-corrected chi connectivity index (χ0v) is 9.26. The first-order chi connectivity index (χ1) is 7.66. The average molecular weight is 221 g/mol. The van der Waals surface area contributed by atoms with Crippen LogP contribution in [0.1, 0.15) is 18.5 Å². The summed E-state index contributed by atoms with van der Waals surface area (Å²) < 4.78 is 0. The molecule has 0 aromatic carbocycles. The Balaban J connectivity index is 2.01. The Morgan fingerprint density at radius 2 is 2.19 bits per heavy atom. The van der Waals surface area contributed by atoms with Crippen molar-refractivity contribution in [1.82, 2.24) is 9.97 Å². The molecular weight excluding hydrogens is 206 g/mol. The second-order valence-corrected chi connectivity index (χ2v) is 4.10. The van der Waals surface area contributed by atoms with E-state index in [0.29, 0.717) is 18.8 Å². The number of aliphatic carboxylic acids is 1. The molecule has 0 bridgehead atoms. The fourth-order valence-electron chi connectivity index (χ4n) is 1.91. The molecule has 5 nitrogen and oxygen atoms in total. The largest absolute Gasteiger partial charge is 0.481 e. The highest BCUT2D eigenvalue weighted by atomic mass is 16.4. The number of carboxylic acid groups (broad SMARTS) is 1. The molecule has 1 aliphatic heterocycles. The summed E-state index contributed by atoms with van der Waals surface area (Å²) in [5.41, 5.74) is 0.936. The second-order valence-electron chi connectivity index (χ2n) is 4.10. The third-order valence-corrected chi connectivity index (χ3v) is 2.91. The number of hydrogen-bond acceptors (Lipinski definition) is 4. The topological polar surface area (TPSA) is 66.3 Å². The van der Waals surface area contributed by atoms with Crippen molar-refractivity contribution < 1.29 is 9.90 Å². The summed E-state index contributed by atoms with van der Waals surface area (Å²) in [5, 5.41) is 8.89. The summed E-state index contributed by atoms with van der Waals surface area (Å²) >= 11 is 0. The molecule has 0 spiro atoms. The van der Waals surface area contributed by atoms with Crippen molar-refractivity contribution in [3.8, 4) is 0 Å². The van der Waals surface area contributed by atoms with E-state index in [1.54, 1.807) is 6.20 Å². The van der Waals surface area contributed by atoms with Crippen LogP contribution in [-0.2, 0) is 4.79 Å². The Morgan fingerprint density at radius 3 is 2.75 bits per heavy atom. The van der Waals surface area contributed by atoms with Gasteiger partial charge < -0.3 is 10.0 Å². The smallest absolute Gasteiger partial charge is 0.306 e. The maximum absolute atomic E-state index is 10.8. The number of piperidine rings is 1. The molecule has 0 unspecified atom stereocenters. The van der Waals surface area contributed by atoms with Gasteiger partial charge in [0.05, 0.1) is 5.92 Å². The van der Waals surface area contributed by atoms with Gasteiger partial charge in [-0.1, -0.05) is 0 Å². The molecule has 1 aromatic rings. The molecule has 1 saturated heterocycles. The molecule has 1 aliphatic rings. The van der Waals surface area contributed by atoms with Gasteiger partial charge in [-0.2, -0.15) is 0 Å². The van der Waals surface area contributed by atoms with Gasteiger partial charge in [0.1, 0.15) is 0 Å². The molecule has 0 saturated carbocycles. The Kier molecular flexibility index (Phi) is 3.03. The van der Waals surface area contributed by atoms with Gasteiger partial charge in [-0.15, -0.1) is 0 Å². The number of carboxylic acids is 1. The minimum absolute atomic E-state index is 0.207. The van der Waals surface area contributed by atoms with Crippen LogP contribution in [0.2, 0.25) is 0 Å². The third kappa shape index (κ3) is 2.29. The normalized spacial score (nSPS) is 17.4. The summed E-state index contributed by atoms with van der Waals surface area (Å²) in [4.78, 5) is 21.4. The first-order valence-corrected chi connectivity index (χ1v) is 5.44. The average Bonchev–Trinajstić information content (AvgIpc) is 2.29. The minimum atomic E-state index is -0.690. The zero-order valence-electron chi connectivity index (χ0n) is 9.26. The Bertz CT molecular complexity index is 387. The van der Waals surface area contributed by atoms with Crippen LogP contribution >= 0.6 is 0 Å². The summed E-state index contributed by atoms with van der Waals surface area (Å²) in [6.07, 6.45) is 3.08. The predicted octanol–water partition coefficient (Wildman–Crippen LogP) is 1.09. The lowest BCUT2D eigenvalue weighted by Crippen LogP contribution is -2.37. The number of nitrogens with zero attached hydrogens (tertiary/aromatic N) is 3. The van der Waals surface area contributed by atoms with Crippen molar-refractivity contribution in [3.63, 3.8) is 0 Å². The van der Waals surface area contributed by atoms with E-state index in [2.05, 4.69) is 9.97 Å². The summed E-state index contributed by atoms with van der Waals surface area (Å²) in [7, 11) is 0. The molecule has 0 atom stereocenters. The van der Waals surface area contributed by atoms with Crippen LogP contribution in [-0.4, -0.2) is 34.1 Å². The predicted molar refractivity (Wildman–Crippen MR) is 59.3 cm³/mol. The quantitative estimate of drug-likeness (QED) is 0.809. The van der Waals surface area contributed by atoms with Crippen LogP contribution in [0.4, 0.5) is 5.95 Å². The lowest BCUT2D eigenvalue weighted by molar-refractivity contribution is -0.142. The van der Waals surface area contributed by atoms with Gasteiger partial charge in [-0.3, -0.25) is 4.79 Å². The number of anilines is 1. The number of aromatic nitrogens is 2. The molecular formula is C11H15N3O2. The van der Waals surface area contributed by atoms with E-state index in [0.717, 1.165) is 18.8 Å². The van der Waals surface area contributed by atoms with E-state index < -0.39 is 5.97 Å². The molecule has 2 rings (SSSR count). The van der Waals surface area contributed by atoms with E-state index in [1.165, 1.54) is 0 Å². The van der Waals surface area contributed by atoms with Gasteiger partial charge in [0.15, 0.2) is 0 Å². The number of aryl methyl sites for hydroxylation is 1. The first-order valence-electron chi connectivity index (χ1n) is 5.44. The van der Waals surface area contributed by atoms with Gasteiger partial charge >= 0.3 is 5.97 Å². The van der Waals surface area contributed by atoms with E-state index >= 15 is 0 Å². The fraction of sp³-hybridized carbons (Fsp3) is 0.545. The molecule has 0 amide bonds. The lowest BCUT2D eigenvalue weighted by atomic mass is 9.97. The van der Waals surface area contributed by atoms with Crippen LogP contribution < -0.4 is 4.90 Å². The third-order valence-electron chi connectivity index (χ3n) is 2.91. The van der Waals surface area contributed by atoms with Crippen molar-refractivity contribution >= 4 is 11.9 Å². The molecule has 1 fully saturated rings. The lowest BCUT2D eigenvalue weighted by Gasteiger charge is -2.30. The van der Waals surface area contributed by atoms with Crippen molar-refractivity contribution in [2.24, 2.45) is 5.92 Å². The summed E-state index contributed by atoms with van der Waals surface area (Å²) in [5.74, 6) is -0.185. The fourth-order valence-corrected chi connectivity index (χ4v) is 1.91. The van der Waals surface area contributed by atoms with Gasteiger partial charge in [0.2, 0.25) is 5.95 Å². The highest BCUT2D eigenvalue weighted by molar-refractivity contribution is 5.70. The molecule has 16 heavy (non-hydrogen) atoms. The molecule has 86 valence electrons. The number of carbonyl (C=O) groups is 1. The monoisotopic (exact) mass is 221 g/mol. The molecule has 1 N–H and O–H groups in total. The zero-order chi connectivity index (χ0) is 11.5. The maximum atomic E-state index is 10.8. The SMILES string of the molecule is Cc1ccnc(N2CCC(C(=O)O)CC2)n1. The van der Waals surface area contributed by atoms with E-state index in [9.17, 15) is 4.79 Å². The van der Waals surface area contributed by atoms with E-state index in [-0.39, 0.29) is 5.92 Å².